The maximum absolute atomic E-state index is 14.1. The van der Waals surface area contributed by atoms with Crippen LogP contribution in [-0.4, -0.2) is 63.1 Å². The van der Waals surface area contributed by atoms with Crippen molar-refractivity contribution in [1.29, 1.82) is 0 Å². The summed E-state index contributed by atoms with van der Waals surface area (Å²) in [6.45, 7) is 2.66. The van der Waals surface area contributed by atoms with Crippen LogP contribution in [-0.2, 0) is 19.1 Å². The summed E-state index contributed by atoms with van der Waals surface area (Å²) in [6.07, 6.45) is 1.73. The molecule has 0 amide bonds. The van der Waals surface area contributed by atoms with E-state index in [9.17, 15) is 19.1 Å². The van der Waals surface area contributed by atoms with Gasteiger partial charge in [-0.05, 0) is 56.6 Å². The molecule has 4 aromatic rings. The molecule has 2 aliphatic heterocycles. The number of likely N-dealkylation sites (tertiary alicyclic amines) is 1. The second kappa shape index (κ2) is 9.09. The predicted molar refractivity (Wildman–Crippen MR) is 132 cm³/mol. The third-order valence-electron chi connectivity index (χ3n) is 7.01. The Bertz CT molecular complexity index is 1490. The Balaban J connectivity index is 1.19. The normalized spacial score (nSPS) is 22.8. The highest BCUT2D eigenvalue weighted by atomic mass is 32.1. The van der Waals surface area contributed by atoms with Crippen molar-refractivity contribution >= 4 is 44.4 Å². The zero-order valence-corrected chi connectivity index (χ0v) is 20.7. The number of benzene rings is 2. The first-order chi connectivity index (χ1) is 17.8. The third-order valence-corrected chi connectivity index (χ3v) is 8.19. The number of nitrogens with one attached hydrogen (secondary N) is 1. The highest BCUT2D eigenvalue weighted by molar-refractivity contribution is 7.18. The van der Waals surface area contributed by atoms with Crippen molar-refractivity contribution in [2.75, 3.05) is 13.1 Å². The maximum atomic E-state index is 14.1. The topological polar surface area (TPSA) is 114 Å². The molecule has 0 aliphatic carbocycles. The van der Waals surface area contributed by atoms with Gasteiger partial charge < -0.3 is 24.3 Å². The molecule has 2 aromatic carbocycles. The number of aliphatic hydroxyl groups is 1. The lowest BCUT2D eigenvalue weighted by Gasteiger charge is -2.40. The second-order valence-electron chi connectivity index (χ2n) is 9.40. The number of hydrogen-bond donors (Lipinski definition) is 2. The van der Waals surface area contributed by atoms with Crippen molar-refractivity contribution in [2.24, 2.45) is 0 Å². The molecule has 4 heterocycles. The van der Waals surface area contributed by atoms with Crippen LogP contribution in [0.15, 0.2) is 48.7 Å². The van der Waals surface area contributed by atoms with E-state index in [-0.39, 0.29) is 30.1 Å². The van der Waals surface area contributed by atoms with Gasteiger partial charge in [0, 0.05) is 35.6 Å². The number of hydrogen-bond acceptors (Lipinski definition) is 9. The van der Waals surface area contributed by atoms with Gasteiger partial charge in [-0.3, -0.25) is 4.90 Å². The Kier molecular flexibility index (Phi) is 5.85. The van der Waals surface area contributed by atoms with Gasteiger partial charge in [0.2, 0.25) is 0 Å². The molecule has 2 saturated heterocycles. The number of cyclic esters (lactones) is 2. The summed E-state index contributed by atoms with van der Waals surface area (Å²) in [7, 11) is 0. The fourth-order valence-corrected chi connectivity index (χ4v) is 6.19. The molecule has 2 fully saturated rings. The highest BCUT2D eigenvalue weighted by Gasteiger charge is 2.58. The van der Waals surface area contributed by atoms with Crippen LogP contribution >= 0.6 is 11.3 Å². The standard InChI is InChI=1S/C26H24FN3O6S/c1-14-12-15(23-29-22-17(27)4-2-7-20(22)37-23)9-11-30(14)13-21(31)26(35-24(32)25(33)36-26)34-19-6-3-5-18-16(19)8-10-28-18/h2-8,10,14-15,21,28,31H,9,11-13H2,1H3/t14-,15-,21-/m0/s1. The van der Waals surface area contributed by atoms with Crippen LogP contribution in [0.1, 0.15) is 30.7 Å². The third kappa shape index (κ3) is 4.22. The number of H-pyrrole nitrogens is 1. The van der Waals surface area contributed by atoms with Gasteiger partial charge >= 0.3 is 17.9 Å². The van der Waals surface area contributed by atoms with Crippen molar-refractivity contribution in [3.05, 3.63) is 59.5 Å². The van der Waals surface area contributed by atoms with Crippen LogP contribution in [0.5, 0.6) is 5.75 Å². The van der Waals surface area contributed by atoms with Gasteiger partial charge in [-0.25, -0.2) is 19.0 Å². The van der Waals surface area contributed by atoms with Crippen molar-refractivity contribution in [2.45, 2.75) is 43.8 Å². The zero-order chi connectivity index (χ0) is 25.7. The Morgan fingerprint density at radius 1 is 1.24 bits per heavy atom. The number of carbonyl (C=O) groups excluding carboxylic acids is 2. The van der Waals surface area contributed by atoms with Gasteiger partial charge in [-0.15, -0.1) is 11.3 Å². The average molecular weight is 526 g/mol. The van der Waals surface area contributed by atoms with Crippen LogP contribution in [0.25, 0.3) is 21.1 Å². The Hall–Kier alpha value is -3.54. The van der Waals surface area contributed by atoms with Gasteiger partial charge in [0.05, 0.1) is 9.71 Å². The van der Waals surface area contributed by atoms with Crippen LogP contribution < -0.4 is 4.74 Å². The van der Waals surface area contributed by atoms with Gasteiger partial charge in [0.1, 0.15) is 17.1 Å². The number of aromatic amines is 1. The quantitative estimate of drug-likeness (QED) is 0.290. The lowest BCUT2D eigenvalue weighted by atomic mass is 9.91. The van der Waals surface area contributed by atoms with Crippen LogP contribution in [0, 0.1) is 5.82 Å². The minimum Gasteiger partial charge on any atom is -0.418 e. The number of ether oxygens (including phenoxy) is 3. The Morgan fingerprint density at radius 2 is 2.03 bits per heavy atom. The molecule has 0 unspecified atom stereocenters. The molecule has 0 bridgehead atoms. The number of carbonyl (C=O) groups is 2. The van der Waals surface area contributed by atoms with E-state index in [2.05, 4.69) is 9.97 Å². The first-order valence-electron chi connectivity index (χ1n) is 12.0. The van der Waals surface area contributed by atoms with E-state index in [0.29, 0.717) is 17.4 Å². The largest absolute Gasteiger partial charge is 0.451 e. The van der Waals surface area contributed by atoms with Crippen molar-refractivity contribution < 1.29 is 33.3 Å². The average Bonchev–Trinajstić information content (AvgIpc) is 3.59. The monoisotopic (exact) mass is 525 g/mol. The summed E-state index contributed by atoms with van der Waals surface area (Å²) in [6, 6.07) is 12.0. The van der Waals surface area contributed by atoms with Crippen molar-refractivity contribution in [1.82, 2.24) is 14.9 Å². The molecular formula is C26H24FN3O6S. The first-order valence-corrected chi connectivity index (χ1v) is 12.8. The number of β-amino-alcohol motifs (C(OH)–C–C–N with tert-alkyl or cyclic N) is 1. The summed E-state index contributed by atoms with van der Waals surface area (Å²) in [5.41, 5.74) is 1.16. The fourth-order valence-electron chi connectivity index (χ4n) is 5.06. The molecule has 0 spiro atoms. The number of thiazole rings is 1. The van der Waals surface area contributed by atoms with Gasteiger partial charge in [0.25, 0.3) is 0 Å². The fraction of sp³-hybridized carbons (Fsp3) is 0.346. The second-order valence-corrected chi connectivity index (χ2v) is 10.5. The van der Waals surface area contributed by atoms with E-state index in [1.165, 1.54) is 17.4 Å². The van der Waals surface area contributed by atoms with E-state index in [4.69, 9.17) is 14.2 Å². The molecule has 2 N–H and O–H groups in total. The molecule has 3 atom stereocenters. The minimum atomic E-state index is -2.30. The number of fused-ring (bicyclic) bond motifs is 2. The van der Waals surface area contributed by atoms with Gasteiger partial charge in [-0.2, -0.15) is 0 Å². The summed E-state index contributed by atoms with van der Waals surface area (Å²) in [5, 5.41) is 12.8. The van der Waals surface area contributed by atoms with Crippen LogP contribution in [0.3, 0.4) is 0 Å². The van der Waals surface area contributed by atoms with Gasteiger partial charge in [0.15, 0.2) is 6.10 Å². The number of piperidine rings is 1. The van der Waals surface area contributed by atoms with E-state index < -0.39 is 24.0 Å². The zero-order valence-electron chi connectivity index (χ0n) is 19.8. The molecule has 6 rings (SSSR count). The number of nitrogens with zero attached hydrogens (tertiary/aromatic N) is 2. The highest BCUT2D eigenvalue weighted by Crippen LogP contribution is 2.38. The first kappa shape index (κ1) is 23.8. The maximum Gasteiger partial charge on any atom is 0.451 e. The summed E-state index contributed by atoms with van der Waals surface area (Å²) in [4.78, 5) is 33.7. The SMILES string of the molecule is C[C@H]1C[C@@H](c2nc3c(F)cccc3s2)CCN1C[C@H](O)C1(Oc2cccc3[nH]ccc23)OC(=O)C(=O)O1. The van der Waals surface area contributed by atoms with E-state index in [0.717, 1.165) is 28.1 Å². The van der Waals surface area contributed by atoms with Crippen LogP contribution in [0.4, 0.5) is 4.39 Å². The van der Waals surface area contributed by atoms with E-state index in [1.807, 2.05) is 24.0 Å². The molecule has 0 radical (unpaired) electrons. The Morgan fingerprint density at radius 3 is 2.78 bits per heavy atom. The molecule has 37 heavy (non-hydrogen) atoms. The van der Waals surface area contributed by atoms with Gasteiger partial charge in [-0.1, -0.05) is 12.1 Å². The smallest absolute Gasteiger partial charge is 0.418 e. The number of rotatable bonds is 6. The molecule has 2 aliphatic rings. The van der Waals surface area contributed by atoms with Crippen molar-refractivity contribution in [3.63, 3.8) is 0 Å². The summed E-state index contributed by atoms with van der Waals surface area (Å²) in [5.74, 6) is -4.64. The predicted octanol–water partition coefficient (Wildman–Crippen LogP) is 3.68. The summed E-state index contributed by atoms with van der Waals surface area (Å²) < 4.78 is 31.3. The van der Waals surface area contributed by atoms with E-state index in [1.54, 1.807) is 30.5 Å². The number of halogens is 1. The molecule has 0 saturated carbocycles. The molecular weight excluding hydrogens is 501 g/mol. The summed E-state index contributed by atoms with van der Waals surface area (Å²) >= 11 is 1.50. The minimum absolute atomic E-state index is 0.0169. The van der Waals surface area contributed by atoms with E-state index >= 15 is 0 Å². The molecule has 192 valence electrons. The lowest BCUT2D eigenvalue weighted by molar-refractivity contribution is -0.319. The molecule has 9 nitrogen and oxygen atoms in total. The lowest BCUT2D eigenvalue weighted by Crippen LogP contribution is -2.56. The number of aliphatic hydroxyl groups excluding tert-OH is 1. The van der Waals surface area contributed by atoms with Crippen molar-refractivity contribution in [3.8, 4) is 5.75 Å². The number of esters is 2. The number of aromatic nitrogens is 2. The Labute approximate surface area is 214 Å². The van der Waals surface area contributed by atoms with Crippen LogP contribution in [0.2, 0.25) is 0 Å². The molecule has 2 aromatic heterocycles. The number of para-hydroxylation sites is 1. The molecule has 11 heteroatoms.